The average molecular weight is 217 g/mol. The standard InChI is InChI=1S/C11H23NO3/c1-4-5-10(13)8-12-11(14)9(2)6-7-15-3/h9-10,13H,4-8H2,1-3H3,(H,12,14). The van der Waals surface area contributed by atoms with Crippen LogP contribution < -0.4 is 5.32 Å². The Kier molecular flexibility index (Phi) is 8.33. The second-order valence-corrected chi connectivity index (χ2v) is 3.87. The van der Waals surface area contributed by atoms with Crippen LogP contribution in [0.2, 0.25) is 0 Å². The molecule has 2 unspecified atom stereocenters. The summed E-state index contributed by atoms with van der Waals surface area (Å²) in [5.74, 6) is -0.0685. The third-order valence-electron chi connectivity index (χ3n) is 2.34. The number of carbonyl (C=O) groups is 1. The second kappa shape index (κ2) is 8.68. The highest BCUT2D eigenvalue weighted by atomic mass is 16.5. The molecule has 15 heavy (non-hydrogen) atoms. The van der Waals surface area contributed by atoms with E-state index in [1.807, 2.05) is 13.8 Å². The average Bonchev–Trinajstić information content (AvgIpc) is 2.22. The molecule has 0 rings (SSSR count). The fourth-order valence-corrected chi connectivity index (χ4v) is 1.25. The monoisotopic (exact) mass is 217 g/mol. The van der Waals surface area contributed by atoms with E-state index in [0.717, 1.165) is 12.8 Å². The number of carbonyl (C=O) groups excluding carboxylic acids is 1. The summed E-state index contributed by atoms with van der Waals surface area (Å²) in [6.45, 7) is 4.81. The molecular formula is C11H23NO3. The van der Waals surface area contributed by atoms with Crippen molar-refractivity contribution in [1.29, 1.82) is 0 Å². The number of aliphatic hydroxyl groups excluding tert-OH is 1. The molecule has 0 aliphatic rings. The predicted molar refractivity (Wildman–Crippen MR) is 59.6 cm³/mol. The molecule has 2 N–H and O–H groups in total. The first kappa shape index (κ1) is 14.4. The minimum Gasteiger partial charge on any atom is -0.391 e. The minimum absolute atomic E-state index is 0.0118. The Morgan fingerprint density at radius 1 is 1.47 bits per heavy atom. The first-order valence-corrected chi connectivity index (χ1v) is 5.56. The lowest BCUT2D eigenvalue weighted by Crippen LogP contribution is -2.35. The first-order chi connectivity index (χ1) is 7.11. The molecule has 1 amide bonds. The van der Waals surface area contributed by atoms with Crippen molar-refractivity contribution in [3.8, 4) is 0 Å². The van der Waals surface area contributed by atoms with Crippen LogP contribution in [0.15, 0.2) is 0 Å². The normalized spacial score (nSPS) is 14.7. The van der Waals surface area contributed by atoms with Crippen molar-refractivity contribution >= 4 is 5.91 Å². The zero-order chi connectivity index (χ0) is 11.7. The summed E-state index contributed by atoms with van der Waals surface area (Å²) >= 11 is 0. The van der Waals surface area contributed by atoms with Crippen LogP contribution in [0.25, 0.3) is 0 Å². The number of rotatable bonds is 8. The van der Waals surface area contributed by atoms with Gasteiger partial charge >= 0.3 is 0 Å². The molecular weight excluding hydrogens is 194 g/mol. The van der Waals surface area contributed by atoms with Crippen molar-refractivity contribution in [3.63, 3.8) is 0 Å². The molecule has 0 radical (unpaired) electrons. The van der Waals surface area contributed by atoms with Gasteiger partial charge in [-0.2, -0.15) is 0 Å². The molecule has 0 fully saturated rings. The summed E-state index contributed by atoms with van der Waals surface area (Å²) in [4.78, 5) is 11.5. The van der Waals surface area contributed by atoms with E-state index in [4.69, 9.17) is 4.74 Å². The van der Waals surface area contributed by atoms with E-state index in [2.05, 4.69) is 5.32 Å². The van der Waals surface area contributed by atoms with Gasteiger partial charge in [0.25, 0.3) is 0 Å². The van der Waals surface area contributed by atoms with Gasteiger partial charge in [-0.3, -0.25) is 4.79 Å². The summed E-state index contributed by atoms with van der Waals surface area (Å²) in [5.41, 5.74) is 0. The highest BCUT2D eigenvalue weighted by Crippen LogP contribution is 2.02. The van der Waals surface area contributed by atoms with Gasteiger partial charge in [0.05, 0.1) is 6.10 Å². The molecule has 0 heterocycles. The molecule has 0 aromatic carbocycles. The third-order valence-corrected chi connectivity index (χ3v) is 2.34. The highest BCUT2D eigenvalue weighted by molar-refractivity contribution is 5.78. The van der Waals surface area contributed by atoms with Crippen molar-refractivity contribution in [2.45, 2.75) is 39.2 Å². The number of methoxy groups -OCH3 is 1. The lowest BCUT2D eigenvalue weighted by Gasteiger charge is -2.14. The van der Waals surface area contributed by atoms with Crippen LogP contribution in [0, 0.1) is 5.92 Å². The molecule has 0 aliphatic carbocycles. The fourth-order valence-electron chi connectivity index (χ4n) is 1.25. The largest absolute Gasteiger partial charge is 0.391 e. The molecule has 4 nitrogen and oxygen atoms in total. The molecule has 2 atom stereocenters. The summed E-state index contributed by atoms with van der Waals surface area (Å²) in [6.07, 6.45) is 1.95. The van der Waals surface area contributed by atoms with Gasteiger partial charge in [0.1, 0.15) is 0 Å². The number of ether oxygens (including phenoxy) is 1. The molecule has 0 saturated heterocycles. The zero-order valence-electron chi connectivity index (χ0n) is 9.95. The van der Waals surface area contributed by atoms with Crippen molar-refractivity contribution < 1.29 is 14.6 Å². The predicted octanol–water partition coefficient (Wildman–Crippen LogP) is 0.936. The zero-order valence-corrected chi connectivity index (χ0v) is 9.95. The van der Waals surface area contributed by atoms with E-state index < -0.39 is 6.10 Å². The van der Waals surface area contributed by atoms with E-state index in [-0.39, 0.29) is 11.8 Å². The van der Waals surface area contributed by atoms with Gasteiger partial charge in [-0.05, 0) is 12.8 Å². The molecule has 0 saturated carbocycles. The van der Waals surface area contributed by atoms with Gasteiger partial charge in [0.15, 0.2) is 0 Å². The maximum Gasteiger partial charge on any atom is 0.223 e. The quantitative estimate of drug-likeness (QED) is 0.636. The Bertz CT molecular complexity index is 173. The van der Waals surface area contributed by atoms with E-state index in [1.165, 1.54) is 0 Å². The molecule has 0 spiro atoms. The highest BCUT2D eigenvalue weighted by Gasteiger charge is 2.13. The summed E-state index contributed by atoms with van der Waals surface area (Å²) < 4.78 is 4.90. The van der Waals surface area contributed by atoms with E-state index in [9.17, 15) is 9.90 Å². The van der Waals surface area contributed by atoms with E-state index >= 15 is 0 Å². The van der Waals surface area contributed by atoms with Gasteiger partial charge in [-0.25, -0.2) is 0 Å². The number of hydrogen-bond donors (Lipinski definition) is 2. The van der Waals surface area contributed by atoms with Crippen molar-refractivity contribution in [1.82, 2.24) is 5.32 Å². The van der Waals surface area contributed by atoms with Crippen molar-refractivity contribution in [3.05, 3.63) is 0 Å². The Morgan fingerprint density at radius 3 is 2.67 bits per heavy atom. The maximum atomic E-state index is 11.5. The summed E-state index contributed by atoms with van der Waals surface area (Å²) in [5, 5.41) is 12.1. The number of hydrogen-bond acceptors (Lipinski definition) is 3. The fraction of sp³-hybridized carbons (Fsp3) is 0.909. The number of amides is 1. The molecule has 0 aromatic heterocycles. The van der Waals surface area contributed by atoms with Crippen LogP contribution in [0.4, 0.5) is 0 Å². The summed E-state index contributed by atoms with van der Waals surface area (Å²) in [6, 6.07) is 0. The van der Waals surface area contributed by atoms with Crippen LogP contribution in [0.5, 0.6) is 0 Å². The van der Waals surface area contributed by atoms with Gasteiger partial charge < -0.3 is 15.2 Å². The topological polar surface area (TPSA) is 58.6 Å². The first-order valence-electron chi connectivity index (χ1n) is 5.56. The smallest absolute Gasteiger partial charge is 0.223 e. The van der Waals surface area contributed by atoms with Gasteiger partial charge in [0, 0.05) is 26.2 Å². The van der Waals surface area contributed by atoms with Gasteiger partial charge in [-0.1, -0.05) is 20.3 Å². The third kappa shape index (κ3) is 7.33. The minimum atomic E-state index is -0.423. The van der Waals surface area contributed by atoms with E-state index in [1.54, 1.807) is 7.11 Å². The second-order valence-electron chi connectivity index (χ2n) is 3.87. The molecule has 0 aromatic rings. The van der Waals surface area contributed by atoms with Crippen LogP contribution in [-0.4, -0.2) is 37.4 Å². The van der Waals surface area contributed by atoms with Crippen LogP contribution >= 0.6 is 0 Å². The SMILES string of the molecule is CCCC(O)CNC(=O)C(C)CCOC. The Balaban J connectivity index is 3.63. The Labute approximate surface area is 92.0 Å². The van der Waals surface area contributed by atoms with Crippen LogP contribution in [-0.2, 0) is 9.53 Å². The van der Waals surface area contributed by atoms with Crippen molar-refractivity contribution in [2.75, 3.05) is 20.3 Å². The van der Waals surface area contributed by atoms with Crippen LogP contribution in [0.1, 0.15) is 33.1 Å². The molecule has 0 bridgehead atoms. The van der Waals surface area contributed by atoms with Gasteiger partial charge in [-0.15, -0.1) is 0 Å². The van der Waals surface area contributed by atoms with E-state index in [0.29, 0.717) is 19.6 Å². The maximum absolute atomic E-state index is 11.5. The number of aliphatic hydroxyl groups is 1. The van der Waals surface area contributed by atoms with Gasteiger partial charge in [0.2, 0.25) is 5.91 Å². The van der Waals surface area contributed by atoms with Crippen molar-refractivity contribution in [2.24, 2.45) is 5.92 Å². The molecule has 4 heteroatoms. The molecule has 0 aliphatic heterocycles. The Morgan fingerprint density at radius 2 is 2.13 bits per heavy atom. The molecule has 90 valence electrons. The lowest BCUT2D eigenvalue weighted by atomic mass is 10.1. The lowest BCUT2D eigenvalue weighted by molar-refractivity contribution is -0.125. The number of nitrogens with one attached hydrogen (secondary N) is 1. The van der Waals surface area contributed by atoms with Crippen LogP contribution in [0.3, 0.4) is 0 Å². The Hall–Kier alpha value is -0.610. The summed E-state index contributed by atoms with van der Waals surface area (Å²) in [7, 11) is 1.62.